The maximum absolute atomic E-state index is 12.5. The van der Waals surface area contributed by atoms with Crippen LogP contribution in [0, 0.1) is 0 Å². The molecule has 0 spiro atoms. The minimum Gasteiger partial charge on any atom is -0.378 e. The van der Waals surface area contributed by atoms with Gasteiger partial charge >= 0.3 is 0 Å². The third-order valence-corrected chi connectivity index (χ3v) is 5.10. The van der Waals surface area contributed by atoms with E-state index in [1.165, 1.54) is 0 Å². The molecule has 0 bridgehead atoms. The Hall–Kier alpha value is -2.09. The minimum atomic E-state index is -0.188. The molecule has 1 heterocycles. The van der Waals surface area contributed by atoms with Gasteiger partial charge in [-0.3, -0.25) is 9.59 Å². The van der Waals surface area contributed by atoms with Crippen LogP contribution in [0.5, 0.6) is 0 Å². The molecule has 6 nitrogen and oxygen atoms in total. The van der Waals surface area contributed by atoms with Gasteiger partial charge in [0, 0.05) is 23.2 Å². The third kappa shape index (κ3) is 5.22. The fourth-order valence-electron chi connectivity index (χ4n) is 2.67. The second-order valence-corrected chi connectivity index (χ2v) is 7.24. The van der Waals surface area contributed by atoms with Crippen molar-refractivity contribution in [2.24, 2.45) is 0 Å². The molecule has 1 fully saturated rings. The first kappa shape index (κ1) is 19.7. The summed E-state index contributed by atoms with van der Waals surface area (Å²) in [5, 5.41) is 6.18. The van der Waals surface area contributed by atoms with Crippen molar-refractivity contribution in [3.8, 4) is 0 Å². The molecule has 0 aromatic heterocycles. The molecule has 2 aromatic carbocycles. The van der Waals surface area contributed by atoms with E-state index in [4.69, 9.17) is 16.3 Å². The summed E-state index contributed by atoms with van der Waals surface area (Å²) in [6.45, 7) is 2.27. The zero-order valence-electron chi connectivity index (χ0n) is 14.5. The van der Waals surface area contributed by atoms with Gasteiger partial charge in [0.1, 0.15) is 0 Å². The van der Waals surface area contributed by atoms with E-state index >= 15 is 0 Å². The van der Waals surface area contributed by atoms with Gasteiger partial charge in [-0.2, -0.15) is 0 Å². The molecular weight excluding hydrogens is 434 g/mol. The summed E-state index contributed by atoms with van der Waals surface area (Å²) in [7, 11) is 0. The van der Waals surface area contributed by atoms with E-state index in [9.17, 15) is 9.59 Å². The number of nitrogens with one attached hydrogen (secondary N) is 2. The number of benzene rings is 2. The molecule has 1 saturated heterocycles. The van der Waals surface area contributed by atoms with E-state index in [0.717, 1.165) is 4.47 Å². The van der Waals surface area contributed by atoms with Crippen LogP contribution in [0.1, 0.15) is 10.4 Å². The summed E-state index contributed by atoms with van der Waals surface area (Å²) >= 11 is 9.67. The number of carbonyl (C=O) groups is 2. The Bertz CT molecular complexity index is 841. The average molecular weight is 453 g/mol. The van der Waals surface area contributed by atoms with E-state index in [1.807, 2.05) is 24.3 Å². The molecule has 2 N–H and O–H groups in total. The van der Waals surface area contributed by atoms with Crippen LogP contribution in [0.2, 0.25) is 5.02 Å². The van der Waals surface area contributed by atoms with Gasteiger partial charge in [-0.1, -0.05) is 23.7 Å². The van der Waals surface area contributed by atoms with Gasteiger partial charge in [0.25, 0.3) is 5.91 Å². The quantitative estimate of drug-likeness (QED) is 0.727. The molecule has 1 aliphatic heterocycles. The van der Waals surface area contributed by atoms with Gasteiger partial charge in [-0.25, -0.2) is 0 Å². The Morgan fingerprint density at radius 3 is 2.59 bits per heavy atom. The largest absolute Gasteiger partial charge is 0.378 e. The molecular formula is C19H19BrClN3O3. The summed E-state index contributed by atoms with van der Waals surface area (Å²) in [6.07, 6.45) is 0. The lowest BCUT2D eigenvalue weighted by Crippen LogP contribution is -2.40. The van der Waals surface area contributed by atoms with Crippen molar-refractivity contribution < 1.29 is 14.3 Å². The van der Waals surface area contributed by atoms with Crippen LogP contribution in [0.15, 0.2) is 46.9 Å². The van der Waals surface area contributed by atoms with Crippen molar-refractivity contribution in [2.75, 3.05) is 43.5 Å². The van der Waals surface area contributed by atoms with Gasteiger partial charge in [0.15, 0.2) is 0 Å². The number of carbonyl (C=O) groups excluding carboxylic acids is 2. The minimum absolute atomic E-state index is 0.0778. The smallest absolute Gasteiger partial charge is 0.255 e. The predicted octanol–water partition coefficient (Wildman–Crippen LogP) is 3.63. The van der Waals surface area contributed by atoms with Crippen molar-refractivity contribution >= 4 is 50.7 Å². The van der Waals surface area contributed by atoms with Crippen molar-refractivity contribution in [1.82, 2.24) is 4.90 Å². The molecule has 8 heteroatoms. The zero-order chi connectivity index (χ0) is 19.2. The highest BCUT2D eigenvalue weighted by Gasteiger charge is 2.20. The van der Waals surface area contributed by atoms with Crippen molar-refractivity contribution in [3.63, 3.8) is 0 Å². The lowest BCUT2D eigenvalue weighted by molar-refractivity contribution is -0.114. The lowest BCUT2D eigenvalue weighted by Gasteiger charge is -2.27. The lowest BCUT2D eigenvalue weighted by atomic mass is 10.1. The molecule has 3 rings (SSSR count). The van der Waals surface area contributed by atoms with Crippen LogP contribution >= 0.6 is 27.5 Å². The van der Waals surface area contributed by atoms with E-state index in [2.05, 4.69) is 26.6 Å². The first-order chi connectivity index (χ1) is 13.0. The molecule has 2 amide bonds. The van der Waals surface area contributed by atoms with Crippen molar-refractivity contribution in [2.45, 2.75) is 0 Å². The molecule has 2 aromatic rings. The Morgan fingerprint density at radius 1 is 1.15 bits per heavy atom. The first-order valence-corrected chi connectivity index (χ1v) is 9.66. The Morgan fingerprint density at radius 2 is 1.89 bits per heavy atom. The summed E-state index contributed by atoms with van der Waals surface area (Å²) in [5.74, 6) is -0.298. The van der Waals surface area contributed by atoms with Gasteiger partial charge in [-0.05, 0) is 46.3 Å². The molecule has 0 atom stereocenters. The van der Waals surface area contributed by atoms with Gasteiger partial charge in [0.05, 0.1) is 36.0 Å². The van der Waals surface area contributed by atoms with Gasteiger partial charge < -0.3 is 20.3 Å². The number of nitrogens with zero attached hydrogens (tertiary/aromatic N) is 1. The standard InChI is InChI=1S/C19H19BrClN3O3/c20-15-3-1-2-4-17(15)23-18(25)12-22-13-5-6-14(16(21)11-13)19(26)24-7-9-27-10-8-24/h1-6,11,22H,7-10,12H2,(H,23,25). The molecule has 142 valence electrons. The van der Waals surface area contributed by atoms with Crippen molar-refractivity contribution in [3.05, 3.63) is 57.5 Å². The summed E-state index contributed by atoms with van der Waals surface area (Å²) in [6, 6.07) is 12.5. The van der Waals surface area contributed by atoms with Crippen molar-refractivity contribution in [1.29, 1.82) is 0 Å². The number of hydrogen-bond donors (Lipinski definition) is 2. The molecule has 0 unspecified atom stereocenters. The van der Waals surface area contributed by atoms with Crippen LogP contribution in [0.4, 0.5) is 11.4 Å². The van der Waals surface area contributed by atoms with E-state index < -0.39 is 0 Å². The predicted molar refractivity (Wildman–Crippen MR) is 109 cm³/mol. The fraction of sp³-hybridized carbons (Fsp3) is 0.263. The first-order valence-electron chi connectivity index (χ1n) is 8.49. The van der Waals surface area contributed by atoms with E-state index in [-0.39, 0.29) is 18.4 Å². The summed E-state index contributed by atoms with van der Waals surface area (Å²) in [4.78, 5) is 26.4. The topological polar surface area (TPSA) is 70.7 Å². The maximum Gasteiger partial charge on any atom is 0.255 e. The molecule has 0 aliphatic carbocycles. The summed E-state index contributed by atoms with van der Waals surface area (Å²) in [5.41, 5.74) is 1.82. The SMILES string of the molecule is O=C(CNc1ccc(C(=O)N2CCOCC2)c(Cl)c1)Nc1ccccc1Br. The summed E-state index contributed by atoms with van der Waals surface area (Å²) < 4.78 is 6.07. The van der Waals surface area contributed by atoms with Crippen LogP contribution in [-0.4, -0.2) is 49.6 Å². The number of rotatable bonds is 5. The molecule has 1 aliphatic rings. The molecule has 27 heavy (non-hydrogen) atoms. The highest BCUT2D eigenvalue weighted by atomic mass is 79.9. The number of anilines is 2. The number of morpholine rings is 1. The maximum atomic E-state index is 12.5. The molecule has 0 radical (unpaired) electrons. The normalized spacial score (nSPS) is 13.9. The Kier molecular flexibility index (Phi) is 6.71. The van der Waals surface area contributed by atoms with Gasteiger partial charge in [-0.15, -0.1) is 0 Å². The number of halogens is 2. The van der Waals surface area contributed by atoms with Crippen LogP contribution < -0.4 is 10.6 Å². The number of para-hydroxylation sites is 1. The Balaban J connectivity index is 1.58. The molecule has 0 saturated carbocycles. The van der Waals surface area contributed by atoms with E-state index in [1.54, 1.807) is 23.1 Å². The average Bonchev–Trinajstić information content (AvgIpc) is 2.68. The zero-order valence-corrected chi connectivity index (χ0v) is 16.8. The van der Waals surface area contributed by atoms with Gasteiger partial charge in [0.2, 0.25) is 5.91 Å². The third-order valence-electron chi connectivity index (χ3n) is 4.10. The number of ether oxygens (including phenoxy) is 1. The fourth-order valence-corrected chi connectivity index (χ4v) is 3.32. The Labute approximate surface area is 171 Å². The monoisotopic (exact) mass is 451 g/mol. The van der Waals surface area contributed by atoms with Crippen LogP contribution in [0.3, 0.4) is 0 Å². The van der Waals surface area contributed by atoms with Crippen LogP contribution in [0.25, 0.3) is 0 Å². The highest BCUT2D eigenvalue weighted by molar-refractivity contribution is 9.10. The van der Waals surface area contributed by atoms with Crippen LogP contribution in [-0.2, 0) is 9.53 Å². The highest BCUT2D eigenvalue weighted by Crippen LogP contribution is 2.23. The second kappa shape index (κ2) is 9.21. The number of hydrogen-bond acceptors (Lipinski definition) is 4. The second-order valence-electron chi connectivity index (χ2n) is 5.98. The number of amides is 2. The van der Waals surface area contributed by atoms with E-state index in [0.29, 0.717) is 48.3 Å².